The lowest BCUT2D eigenvalue weighted by Crippen LogP contribution is -2.27. The summed E-state index contributed by atoms with van der Waals surface area (Å²) in [4.78, 5) is 33.2. The molecule has 26 heavy (non-hydrogen) atoms. The Hall–Kier alpha value is -2.94. The molecule has 1 aliphatic rings. The van der Waals surface area contributed by atoms with E-state index in [1.54, 1.807) is 5.38 Å². The van der Waals surface area contributed by atoms with Crippen LogP contribution in [0.25, 0.3) is 6.08 Å². The van der Waals surface area contributed by atoms with E-state index >= 15 is 0 Å². The minimum Gasteiger partial charge on any atom is -0.402 e. The number of rotatable bonds is 4. The van der Waals surface area contributed by atoms with Crippen molar-refractivity contribution >= 4 is 40.3 Å². The molecule has 0 bridgehead atoms. The zero-order valence-electron chi connectivity index (χ0n) is 13.8. The third-order valence-electron chi connectivity index (χ3n) is 3.50. The van der Waals surface area contributed by atoms with Gasteiger partial charge in [-0.15, -0.1) is 11.3 Å². The van der Waals surface area contributed by atoms with Crippen LogP contribution in [0.5, 0.6) is 0 Å². The van der Waals surface area contributed by atoms with Gasteiger partial charge in [0, 0.05) is 24.9 Å². The summed E-state index contributed by atoms with van der Waals surface area (Å²) in [7, 11) is 0. The van der Waals surface area contributed by atoms with Crippen LogP contribution in [0.15, 0.2) is 34.3 Å². The molecule has 3 rings (SSSR count). The lowest BCUT2D eigenvalue weighted by atomic mass is 10.2. The van der Waals surface area contributed by atoms with E-state index in [9.17, 15) is 18.4 Å². The fraction of sp³-hybridized carbons (Fsp3) is 0.176. The standard InChI is InChI=1S/C17H13F2N3O3S/c1-3-22(9(2)23)17-20-11(8-26-17)7-14-16(24)25-15(21-14)12-5-4-10(18)6-13(12)19/h4-8H,3H2,1-2H3/b14-7-. The van der Waals surface area contributed by atoms with E-state index in [0.29, 0.717) is 23.4 Å². The Kier molecular flexibility index (Phi) is 4.90. The smallest absolute Gasteiger partial charge is 0.363 e. The Labute approximate surface area is 151 Å². The molecule has 0 spiro atoms. The largest absolute Gasteiger partial charge is 0.402 e. The molecule has 1 aliphatic heterocycles. The van der Waals surface area contributed by atoms with Crippen LogP contribution in [0.4, 0.5) is 13.9 Å². The first-order valence-electron chi connectivity index (χ1n) is 7.60. The Morgan fingerprint density at radius 3 is 2.81 bits per heavy atom. The van der Waals surface area contributed by atoms with Crippen LogP contribution in [0.2, 0.25) is 0 Å². The van der Waals surface area contributed by atoms with E-state index < -0.39 is 17.6 Å². The van der Waals surface area contributed by atoms with E-state index in [1.807, 2.05) is 6.92 Å². The number of aliphatic imine (C=N–C) groups is 1. The zero-order chi connectivity index (χ0) is 18.8. The topological polar surface area (TPSA) is 71.9 Å². The Morgan fingerprint density at radius 1 is 1.38 bits per heavy atom. The quantitative estimate of drug-likeness (QED) is 0.606. The zero-order valence-corrected chi connectivity index (χ0v) is 14.6. The van der Waals surface area contributed by atoms with Gasteiger partial charge in [0.2, 0.25) is 11.8 Å². The van der Waals surface area contributed by atoms with Gasteiger partial charge < -0.3 is 4.74 Å². The highest BCUT2D eigenvalue weighted by atomic mass is 32.1. The van der Waals surface area contributed by atoms with Crippen LogP contribution in [0.3, 0.4) is 0 Å². The van der Waals surface area contributed by atoms with Gasteiger partial charge in [-0.3, -0.25) is 9.69 Å². The van der Waals surface area contributed by atoms with Crippen molar-refractivity contribution in [1.82, 2.24) is 4.98 Å². The first-order chi connectivity index (χ1) is 12.4. The van der Waals surface area contributed by atoms with Crippen LogP contribution in [-0.4, -0.2) is 29.3 Å². The number of halogens is 2. The van der Waals surface area contributed by atoms with Gasteiger partial charge in [0.1, 0.15) is 11.6 Å². The van der Waals surface area contributed by atoms with Crippen molar-refractivity contribution in [3.05, 3.63) is 52.2 Å². The molecule has 0 atom stereocenters. The van der Waals surface area contributed by atoms with Crippen molar-refractivity contribution in [3.8, 4) is 0 Å². The molecule has 1 amide bonds. The second kappa shape index (κ2) is 7.12. The SMILES string of the molecule is CCN(C(C)=O)c1nc(/C=C2\N=C(c3ccc(F)cc3F)OC2=O)cs1. The average molecular weight is 377 g/mol. The maximum atomic E-state index is 13.8. The Balaban J connectivity index is 1.89. The summed E-state index contributed by atoms with van der Waals surface area (Å²) in [5, 5.41) is 2.15. The summed E-state index contributed by atoms with van der Waals surface area (Å²) in [5.41, 5.74) is 0.239. The fourth-order valence-corrected chi connectivity index (χ4v) is 3.18. The lowest BCUT2D eigenvalue weighted by molar-refractivity contribution is -0.130. The minimum absolute atomic E-state index is 0.0635. The second-order valence-electron chi connectivity index (χ2n) is 5.28. The van der Waals surface area contributed by atoms with Gasteiger partial charge in [0.05, 0.1) is 11.3 Å². The van der Waals surface area contributed by atoms with Crippen LogP contribution >= 0.6 is 11.3 Å². The molecular weight excluding hydrogens is 364 g/mol. The number of amides is 1. The number of cyclic esters (lactones) is 1. The summed E-state index contributed by atoms with van der Waals surface area (Å²) in [6.07, 6.45) is 1.38. The van der Waals surface area contributed by atoms with Crippen LogP contribution in [0.1, 0.15) is 25.1 Å². The normalized spacial score (nSPS) is 15.2. The Bertz CT molecular complexity index is 952. The molecular formula is C17H13F2N3O3S. The van der Waals surface area contributed by atoms with Gasteiger partial charge in [-0.05, 0) is 25.1 Å². The van der Waals surface area contributed by atoms with Gasteiger partial charge in [-0.25, -0.2) is 23.6 Å². The molecule has 0 saturated heterocycles. The number of aromatic nitrogens is 1. The van der Waals surface area contributed by atoms with E-state index in [0.717, 1.165) is 12.1 Å². The average Bonchev–Trinajstić information content (AvgIpc) is 3.16. The summed E-state index contributed by atoms with van der Waals surface area (Å²) in [5.74, 6) is -2.78. The minimum atomic E-state index is -0.881. The molecule has 2 aromatic rings. The van der Waals surface area contributed by atoms with Crippen molar-refractivity contribution in [1.29, 1.82) is 0 Å². The predicted molar refractivity (Wildman–Crippen MR) is 92.8 cm³/mol. The number of hydrogen-bond acceptors (Lipinski definition) is 6. The number of carbonyl (C=O) groups excluding carboxylic acids is 2. The number of nitrogens with zero attached hydrogens (tertiary/aromatic N) is 3. The third-order valence-corrected chi connectivity index (χ3v) is 4.39. The molecule has 0 unspecified atom stereocenters. The van der Waals surface area contributed by atoms with Crippen molar-refractivity contribution in [3.63, 3.8) is 0 Å². The summed E-state index contributed by atoms with van der Waals surface area (Å²) in [6, 6.07) is 2.87. The number of ether oxygens (including phenoxy) is 1. The van der Waals surface area contributed by atoms with Gasteiger partial charge in [0.15, 0.2) is 10.8 Å². The van der Waals surface area contributed by atoms with Crippen molar-refractivity contribution in [2.75, 3.05) is 11.4 Å². The number of anilines is 1. The van der Waals surface area contributed by atoms with Gasteiger partial charge in [0.25, 0.3) is 0 Å². The molecule has 0 N–H and O–H groups in total. The highest BCUT2D eigenvalue weighted by molar-refractivity contribution is 7.14. The molecule has 0 saturated carbocycles. The first-order valence-corrected chi connectivity index (χ1v) is 8.48. The Morgan fingerprint density at radius 2 is 2.15 bits per heavy atom. The van der Waals surface area contributed by atoms with Crippen molar-refractivity contribution < 1.29 is 23.1 Å². The van der Waals surface area contributed by atoms with E-state index in [1.165, 1.54) is 29.2 Å². The van der Waals surface area contributed by atoms with Crippen molar-refractivity contribution in [2.45, 2.75) is 13.8 Å². The number of thiazole rings is 1. The summed E-state index contributed by atoms with van der Waals surface area (Å²) in [6.45, 7) is 3.72. The fourth-order valence-electron chi connectivity index (χ4n) is 2.29. The molecule has 0 aliphatic carbocycles. The third kappa shape index (κ3) is 3.52. The first kappa shape index (κ1) is 17.9. The highest BCUT2D eigenvalue weighted by Crippen LogP contribution is 2.25. The lowest BCUT2D eigenvalue weighted by Gasteiger charge is -2.14. The number of hydrogen-bond donors (Lipinski definition) is 0. The molecule has 1 aromatic carbocycles. The van der Waals surface area contributed by atoms with Crippen LogP contribution in [0, 0.1) is 11.6 Å². The monoisotopic (exact) mass is 377 g/mol. The summed E-state index contributed by atoms with van der Waals surface area (Å²) < 4.78 is 31.8. The highest BCUT2D eigenvalue weighted by Gasteiger charge is 2.26. The molecule has 1 aromatic heterocycles. The molecule has 9 heteroatoms. The predicted octanol–water partition coefficient (Wildman–Crippen LogP) is 3.14. The van der Waals surface area contributed by atoms with Crippen LogP contribution < -0.4 is 4.90 Å². The van der Waals surface area contributed by atoms with E-state index in [2.05, 4.69) is 9.98 Å². The number of esters is 1. The van der Waals surface area contributed by atoms with Gasteiger partial charge >= 0.3 is 5.97 Å². The molecule has 2 heterocycles. The van der Waals surface area contributed by atoms with E-state index in [-0.39, 0.29) is 23.1 Å². The maximum absolute atomic E-state index is 13.8. The summed E-state index contributed by atoms with van der Waals surface area (Å²) >= 11 is 1.24. The van der Waals surface area contributed by atoms with Gasteiger partial charge in [-0.1, -0.05) is 0 Å². The molecule has 6 nitrogen and oxygen atoms in total. The molecule has 134 valence electrons. The number of benzene rings is 1. The van der Waals surface area contributed by atoms with E-state index in [4.69, 9.17) is 4.74 Å². The molecule has 0 radical (unpaired) electrons. The second-order valence-corrected chi connectivity index (χ2v) is 6.11. The molecule has 0 fully saturated rings. The van der Waals surface area contributed by atoms with Crippen molar-refractivity contribution in [2.24, 2.45) is 4.99 Å². The van der Waals surface area contributed by atoms with Gasteiger partial charge in [-0.2, -0.15) is 0 Å². The number of carbonyl (C=O) groups is 2. The maximum Gasteiger partial charge on any atom is 0.363 e. The van der Waals surface area contributed by atoms with Crippen LogP contribution in [-0.2, 0) is 14.3 Å².